The van der Waals surface area contributed by atoms with Crippen molar-refractivity contribution in [2.24, 2.45) is 5.41 Å². The first kappa shape index (κ1) is 21.2. The summed E-state index contributed by atoms with van der Waals surface area (Å²) in [5.74, 6) is -1.03. The number of likely N-dealkylation sites (tertiary alicyclic amines) is 1. The average Bonchev–Trinajstić information content (AvgIpc) is 3.02. The molecule has 1 aliphatic heterocycles. The van der Waals surface area contributed by atoms with Crippen LogP contribution in [0.25, 0.3) is 0 Å². The van der Waals surface area contributed by atoms with Gasteiger partial charge in [0.1, 0.15) is 5.75 Å². The molecule has 2 aromatic rings. The van der Waals surface area contributed by atoms with Crippen molar-refractivity contribution in [1.29, 1.82) is 0 Å². The van der Waals surface area contributed by atoms with Gasteiger partial charge in [0.2, 0.25) is 5.91 Å². The maximum atomic E-state index is 13.3. The SMILES string of the molecule is O=C(NO)c1ccc2c(c1)CC1(CC2)CCN(Cc2ccccc2OC(F)(F)F)C1=O. The summed E-state index contributed by atoms with van der Waals surface area (Å²) < 4.78 is 42.2. The molecule has 0 bridgehead atoms. The van der Waals surface area contributed by atoms with Crippen LogP contribution in [0.2, 0.25) is 0 Å². The number of carbonyl (C=O) groups excluding carboxylic acids is 2. The van der Waals surface area contributed by atoms with E-state index >= 15 is 0 Å². The van der Waals surface area contributed by atoms with E-state index in [-0.39, 0.29) is 18.2 Å². The van der Waals surface area contributed by atoms with Gasteiger partial charge in [-0.15, -0.1) is 13.2 Å². The van der Waals surface area contributed by atoms with Crippen molar-refractivity contribution in [2.75, 3.05) is 6.54 Å². The molecule has 1 heterocycles. The fraction of sp³-hybridized carbons (Fsp3) is 0.364. The first-order chi connectivity index (χ1) is 14.7. The van der Waals surface area contributed by atoms with Crippen LogP contribution in [0.4, 0.5) is 13.2 Å². The highest BCUT2D eigenvalue weighted by atomic mass is 19.4. The van der Waals surface area contributed by atoms with Gasteiger partial charge < -0.3 is 9.64 Å². The Labute approximate surface area is 176 Å². The number of ether oxygens (including phenoxy) is 1. The molecule has 1 saturated heterocycles. The second kappa shape index (κ2) is 7.88. The van der Waals surface area contributed by atoms with E-state index in [0.717, 1.165) is 11.1 Å². The lowest BCUT2D eigenvalue weighted by Gasteiger charge is -2.33. The van der Waals surface area contributed by atoms with Gasteiger partial charge in [0, 0.05) is 24.2 Å². The van der Waals surface area contributed by atoms with Crippen LogP contribution in [0.1, 0.15) is 39.9 Å². The summed E-state index contributed by atoms with van der Waals surface area (Å²) in [7, 11) is 0. The third kappa shape index (κ3) is 4.23. The maximum Gasteiger partial charge on any atom is 0.573 e. The summed E-state index contributed by atoms with van der Waals surface area (Å²) >= 11 is 0. The predicted octanol–water partition coefficient (Wildman–Crippen LogP) is 3.61. The molecule has 2 aliphatic rings. The molecule has 0 radical (unpaired) electrons. The molecule has 1 unspecified atom stereocenters. The fourth-order valence-corrected chi connectivity index (χ4v) is 4.57. The van der Waals surface area contributed by atoms with Crippen molar-refractivity contribution in [3.8, 4) is 5.75 Å². The Morgan fingerprint density at radius 2 is 1.94 bits per heavy atom. The van der Waals surface area contributed by atoms with Crippen molar-refractivity contribution in [3.05, 3.63) is 64.7 Å². The Balaban J connectivity index is 1.53. The lowest BCUT2D eigenvalue weighted by Crippen LogP contribution is -2.38. The van der Waals surface area contributed by atoms with E-state index in [2.05, 4.69) is 4.74 Å². The van der Waals surface area contributed by atoms with E-state index in [1.165, 1.54) is 18.2 Å². The first-order valence-electron chi connectivity index (χ1n) is 9.90. The number of benzene rings is 2. The summed E-state index contributed by atoms with van der Waals surface area (Å²) in [6.45, 7) is 0.470. The molecule has 6 nitrogen and oxygen atoms in total. The van der Waals surface area contributed by atoms with Crippen molar-refractivity contribution in [1.82, 2.24) is 10.4 Å². The van der Waals surface area contributed by atoms with E-state index in [9.17, 15) is 22.8 Å². The maximum absolute atomic E-state index is 13.3. The number of hydrogen-bond acceptors (Lipinski definition) is 4. The smallest absolute Gasteiger partial charge is 0.405 e. The molecule has 1 fully saturated rings. The summed E-state index contributed by atoms with van der Waals surface area (Å²) in [5, 5.41) is 8.87. The van der Waals surface area contributed by atoms with Crippen molar-refractivity contribution >= 4 is 11.8 Å². The number of nitrogens with zero attached hydrogens (tertiary/aromatic N) is 1. The topological polar surface area (TPSA) is 78.9 Å². The summed E-state index contributed by atoms with van der Waals surface area (Å²) in [6, 6.07) is 11.0. The second-order valence-electron chi connectivity index (χ2n) is 8.01. The van der Waals surface area contributed by atoms with Gasteiger partial charge in [0.15, 0.2) is 0 Å². The molecule has 4 rings (SSSR count). The highest BCUT2D eigenvalue weighted by molar-refractivity contribution is 5.93. The number of amides is 2. The number of fused-ring (bicyclic) bond motifs is 1. The van der Waals surface area contributed by atoms with Gasteiger partial charge in [0.25, 0.3) is 5.91 Å². The van der Waals surface area contributed by atoms with Crippen LogP contribution in [-0.2, 0) is 24.2 Å². The van der Waals surface area contributed by atoms with Crippen LogP contribution in [0.5, 0.6) is 5.75 Å². The molecule has 0 saturated carbocycles. The molecule has 0 aromatic heterocycles. The predicted molar refractivity (Wildman–Crippen MR) is 103 cm³/mol. The number of para-hydroxylation sites is 1. The van der Waals surface area contributed by atoms with Crippen LogP contribution < -0.4 is 10.2 Å². The van der Waals surface area contributed by atoms with E-state index in [0.29, 0.717) is 43.4 Å². The molecule has 164 valence electrons. The van der Waals surface area contributed by atoms with Crippen molar-refractivity contribution in [3.63, 3.8) is 0 Å². The zero-order valence-corrected chi connectivity index (χ0v) is 16.5. The van der Waals surface area contributed by atoms with Gasteiger partial charge in [-0.3, -0.25) is 14.8 Å². The third-order valence-corrected chi connectivity index (χ3v) is 6.13. The Morgan fingerprint density at radius 3 is 2.68 bits per heavy atom. The fourth-order valence-electron chi connectivity index (χ4n) is 4.57. The van der Waals surface area contributed by atoms with Gasteiger partial charge in [-0.1, -0.05) is 24.3 Å². The third-order valence-electron chi connectivity index (χ3n) is 6.13. The lowest BCUT2D eigenvalue weighted by atomic mass is 9.70. The molecular formula is C22H21F3N2O4. The number of hydroxylamine groups is 1. The highest BCUT2D eigenvalue weighted by Crippen LogP contribution is 2.44. The normalized spacial score (nSPS) is 20.6. The molecule has 2 amide bonds. The standard InChI is InChI=1S/C22H21F3N2O4/c23-22(24,25)31-18-4-2-1-3-16(18)13-27-10-9-21(20(27)29)8-7-14-5-6-15(19(28)26-30)11-17(14)12-21/h1-6,11,30H,7-10,12-13H2,(H,26,28). The minimum absolute atomic E-state index is 0.0344. The van der Waals surface area contributed by atoms with Crippen LogP contribution in [-0.4, -0.2) is 34.8 Å². The van der Waals surface area contributed by atoms with Crippen LogP contribution in [0, 0.1) is 5.41 Å². The zero-order chi connectivity index (χ0) is 22.2. The molecule has 2 N–H and O–H groups in total. The minimum atomic E-state index is -4.81. The van der Waals surface area contributed by atoms with Crippen molar-refractivity contribution < 1.29 is 32.7 Å². The minimum Gasteiger partial charge on any atom is -0.405 e. The summed E-state index contributed by atoms with van der Waals surface area (Å²) in [6.07, 6.45) is -2.46. The number of aryl methyl sites for hydroxylation is 1. The van der Waals surface area contributed by atoms with Gasteiger partial charge in [-0.2, -0.15) is 0 Å². The Kier molecular flexibility index (Phi) is 5.38. The molecule has 9 heteroatoms. The summed E-state index contributed by atoms with van der Waals surface area (Å²) in [4.78, 5) is 26.6. The van der Waals surface area contributed by atoms with Crippen LogP contribution in [0.15, 0.2) is 42.5 Å². The number of halogens is 3. The van der Waals surface area contributed by atoms with Gasteiger partial charge in [-0.25, -0.2) is 5.48 Å². The van der Waals surface area contributed by atoms with E-state index < -0.39 is 17.7 Å². The Hall–Kier alpha value is -3.07. The average molecular weight is 434 g/mol. The van der Waals surface area contributed by atoms with Gasteiger partial charge in [-0.05, 0) is 55.0 Å². The molecule has 1 atom stereocenters. The number of rotatable bonds is 4. The number of hydrogen-bond donors (Lipinski definition) is 2. The van der Waals surface area contributed by atoms with E-state index in [1.807, 2.05) is 6.07 Å². The quantitative estimate of drug-likeness (QED) is 0.569. The van der Waals surface area contributed by atoms with Crippen LogP contribution >= 0.6 is 0 Å². The number of carbonyl (C=O) groups is 2. The van der Waals surface area contributed by atoms with E-state index in [4.69, 9.17) is 5.21 Å². The molecule has 1 spiro atoms. The number of nitrogens with one attached hydrogen (secondary N) is 1. The lowest BCUT2D eigenvalue weighted by molar-refractivity contribution is -0.275. The number of alkyl halides is 3. The van der Waals surface area contributed by atoms with E-state index in [1.54, 1.807) is 28.6 Å². The van der Waals surface area contributed by atoms with Gasteiger partial charge in [0.05, 0.1) is 5.41 Å². The Bertz CT molecular complexity index is 1020. The second-order valence-corrected chi connectivity index (χ2v) is 8.01. The van der Waals surface area contributed by atoms with Gasteiger partial charge >= 0.3 is 6.36 Å². The molecule has 2 aromatic carbocycles. The monoisotopic (exact) mass is 434 g/mol. The Morgan fingerprint density at radius 1 is 1.16 bits per heavy atom. The largest absolute Gasteiger partial charge is 0.573 e. The van der Waals surface area contributed by atoms with Crippen molar-refractivity contribution in [2.45, 2.75) is 38.6 Å². The molecular weight excluding hydrogens is 413 g/mol. The first-order valence-corrected chi connectivity index (χ1v) is 9.90. The summed E-state index contributed by atoms with van der Waals surface area (Å²) in [5.41, 5.74) is 3.50. The zero-order valence-electron chi connectivity index (χ0n) is 16.5. The highest BCUT2D eigenvalue weighted by Gasteiger charge is 2.48. The molecule has 31 heavy (non-hydrogen) atoms. The molecule has 1 aliphatic carbocycles. The van der Waals surface area contributed by atoms with Crippen LogP contribution in [0.3, 0.4) is 0 Å².